The smallest absolute Gasteiger partial charge is 0.248 e. The first-order valence-corrected chi connectivity index (χ1v) is 7.87. The largest absolute Gasteiger partial charge is 0.495 e. The fraction of sp³-hybridized carbons (Fsp3) is 0.118. The topological polar surface area (TPSA) is 47.6 Å². The summed E-state index contributed by atoms with van der Waals surface area (Å²) >= 11 is 9.42. The summed E-state index contributed by atoms with van der Waals surface area (Å²) in [5.41, 5.74) is 1.28. The summed E-state index contributed by atoms with van der Waals surface area (Å²) in [6.45, 7) is 0. The Balaban J connectivity index is 2.18. The number of rotatable bonds is 5. The molecule has 0 unspecified atom stereocenters. The van der Waals surface area contributed by atoms with Gasteiger partial charge in [-0.3, -0.25) is 4.79 Å². The van der Waals surface area contributed by atoms with Crippen LogP contribution in [0.25, 0.3) is 6.08 Å². The van der Waals surface area contributed by atoms with Crippen molar-refractivity contribution in [3.63, 3.8) is 0 Å². The lowest BCUT2D eigenvalue weighted by Gasteiger charge is -2.12. The van der Waals surface area contributed by atoms with E-state index < -0.39 is 0 Å². The van der Waals surface area contributed by atoms with Crippen molar-refractivity contribution in [1.82, 2.24) is 0 Å². The molecule has 0 saturated heterocycles. The number of carbonyl (C=O) groups excluding carboxylic acids is 1. The van der Waals surface area contributed by atoms with Gasteiger partial charge in [0.25, 0.3) is 0 Å². The summed E-state index contributed by atoms with van der Waals surface area (Å²) in [5.74, 6) is 0.820. The van der Waals surface area contributed by atoms with Crippen LogP contribution in [0.5, 0.6) is 11.5 Å². The van der Waals surface area contributed by atoms with E-state index in [0.717, 1.165) is 10.0 Å². The molecule has 0 aliphatic carbocycles. The van der Waals surface area contributed by atoms with E-state index in [-0.39, 0.29) is 5.91 Å². The van der Waals surface area contributed by atoms with Gasteiger partial charge in [-0.25, -0.2) is 0 Å². The maximum Gasteiger partial charge on any atom is 0.248 e. The van der Waals surface area contributed by atoms with Crippen molar-refractivity contribution in [2.75, 3.05) is 19.5 Å². The van der Waals surface area contributed by atoms with Crippen LogP contribution >= 0.6 is 27.5 Å². The van der Waals surface area contributed by atoms with Crippen molar-refractivity contribution < 1.29 is 14.3 Å². The Hall–Kier alpha value is -1.98. The van der Waals surface area contributed by atoms with Crippen molar-refractivity contribution >= 4 is 45.2 Å². The van der Waals surface area contributed by atoms with Crippen molar-refractivity contribution in [3.05, 3.63) is 57.5 Å². The molecule has 1 amide bonds. The fourth-order valence-electron chi connectivity index (χ4n) is 1.91. The zero-order valence-corrected chi connectivity index (χ0v) is 14.9. The molecule has 2 aromatic rings. The van der Waals surface area contributed by atoms with Crippen LogP contribution in [0.4, 0.5) is 5.69 Å². The van der Waals surface area contributed by atoms with Crippen LogP contribution in [0.3, 0.4) is 0 Å². The molecular formula is C17H15BrClNO3. The van der Waals surface area contributed by atoms with Crippen LogP contribution in [0.2, 0.25) is 5.02 Å². The van der Waals surface area contributed by atoms with Crippen molar-refractivity contribution in [2.45, 2.75) is 0 Å². The zero-order valence-electron chi connectivity index (χ0n) is 12.6. The number of carbonyl (C=O) groups is 1. The Morgan fingerprint density at radius 3 is 2.52 bits per heavy atom. The monoisotopic (exact) mass is 395 g/mol. The molecule has 23 heavy (non-hydrogen) atoms. The lowest BCUT2D eigenvalue weighted by molar-refractivity contribution is -0.111. The molecule has 0 aromatic heterocycles. The number of methoxy groups -OCH3 is 2. The summed E-state index contributed by atoms with van der Waals surface area (Å²) in [7, 11) is 3.08. The van der Waals surface area contributed by atoms with Crippen LogP contribution < -0.4 is 14.8 Å². The standard InChI is InChI=1S/C17H15BrClNO3/c1-22-15-10-14(16(23-2)9-12(15)18)20-17(21)8-7-11-5-3-4-6-13(11)19/h3-10H,1-2H3,(H,20,21)/b8-7+. The second-order valence-electron chi connectivity index (χ2n) is 4.53. The van der Waals surface area contributed by atoms with Gasteiger partial charge in [0.1, 0.15) is 11.5 Å². The highest BCUT2D eigenvalue weighted by atomic mass is 79.9. The molecule has 0 fully saturated rings. The highest BCUT2D eigenvalue weighted by Crippen LogP contribution is 2.36. The zero-order chi connectivity index (χ0) is 16.8. The average molecular weight is 397 g/mol. The number of amides is 1. The van der Waals surface area contributed by atoms with Crippen LogP contribution in [-0.2, 0) is 4.79 Å². The van der Waals surface area contributed by atoms with Gasteiger partial charge in [0.2, 0.25) is 5.91 Å². The molecule has 0 saturated carbocycles. The van der Waals surface area contributed by atoms with E-state index in [9.17, 15) is 4.79 Å². The molecule has 0 aliphatic heterocycles. The van der Waals surface area contributed by atoms with Gasteiger partial charge in [-0.05, 0) is 33.6 Å². The van der Waals surface area contributed by atoms with Crippen molar-refractivity contribution in [1.29, 1.82) is 0 Å². The number of hydrogen-bond donors (Lipinski definition) is 1. The average Bonchev–Trinajstić information content (AvgIpc) is 2.55. The predicted octanol–water partition coefficient (Wildman–Crippen LogP) is 4.77. The molecule has 120 valence electrons. The van der Waals surface area contributed by atoms with Crippen LogP contribution in [-0.4, -0.2) is 20.1 Å². The van der Waals surface area contributed by atoms with Gasteiger partial charge < -0.3 is 14.8 Å². The number of halogens is 2. The summed E-state index contributed by atoms with van der Waals surface area (Å²) in [6.07, 6.45) is 3.06. The van der Waals surface area contributed by atoms with E-state index in [1.165, 1.54) is 13.2 Å². The minimum Gasteiger partial charge on any atom is -0.495 e. The number of nitrogens with one attached hydrogen (secondary N) is 1. The summed E-state index contributed by atoms with van der Waals surface area (Å²) in [4.78, 5) is 12.1. The maximum absolute atomic E-state index is 12.1. The second-order valence-corrected chi connectivity index (χ2v) is 5.79. The third-order valence-corrected chi connectivity index (χ3v) is 4.02. The van der Waals surface area contributed by atoms with Crippen molar-refractivity contribution in [3.8, 4) is 11.5 Å². The third kappa shape index (κ3) is 4.50. The first-order valence-electron chi connectivity index (χ1n) is 6.70. The van der Waals surface area contributed by atoms with Crippen LogP contribution in [0.15, 0.2) is 46.9 Å². The highest BCUT2D eigenvalue weighted by molar-refractivity contribution is 9.10. The van der Waals surface area contributed by atoms with E-state index in [2.05, 4.69) is 21.2 Å². The highest BCUT2D eigenvalue weighted by Gasteiger charge is 2.11. The Labute approximate surface area is 148 Å². The van der Waals surface area contributed by atoms with E-state index >= 15 is 0 Å². The third-order valence-electron chi connectivity index (χ3n) is 3.05. The van der Waals surface area contributed by atoms with Gasteiger partial charge >= 0.3 is 0 Å². The summed E-state index contributed by atoms with van der Waals surface area (Å²) in [5, 5.41) is 3.34. The first-order chi connectivity index (χ1) is 11.0. The summed E-state index contributed by atoms with van der Waals surface area (Å²) in [6, 6.07) is 10.7. The Kier molecular flexibility index (Phi) is 6.07. The molecule has 0 spiro atoms. The molecule has 0 radical (unpaired) electrons. The molecule has 0 bridgehead atoms. The Morgan fingerprint density at radius 2 is 1.87 bits per heavy atom. The van der Waals surface area contributed by atoms with Crippen molar-refractivity contribution in [2.24, 2.45) is 0 Å². The number of hydrogen-bond acceptors (Lipinski definition) is 3. The van der Waals surface area contributed by atoms with Gasteiger partial charge in [0, 0.05) is 23.2 Å². The molecule has 0 aliphatic rings. The second kappa shape index (κ2) is 8.04. The number of ether oxygens (including phenoxy) is 2. The molecule has 2 aromatic carbocycles. The lowest BCUT2D eigenvalue weighted by atomic mass is 10.2. The van der Waals surface area contributed by atoms with Gasteiger partial charge in [0.05, 0.1) is 24.4 Å². The molecule has 1 N–H and O–H groups in total. The van der Waals surface area contributed by atoms with E-state index in [1.807, 2.05) is 18.2 Å². The molecule has 4 nitrogen and oxygen atoms in total. The quantitative estimate of drug-likeness (QED) is 0.741. The minimum atomic E-state index is -0.299. The Bertz CT molecular complexity index is 747. The predicted molar refractivity (Wildman–Crippen MR) is 96.4 cm³/mol. The van der Waals surface area contributed by atoms with Crippen LogP contribution in [0.1, 0.15) is 5.56 Å². The van der Waals surface area contributed by atoms with Gasteiger partial charge in [-0.1, -0.05) is 29.8 Å². The van der Waals surface area contributed by atoms with Crippen LogP contribution in [0, 0.1) is 0 Å². The Morgan fingerprint density at radius 1 is 1.17 bits per heavy atom. The normalized spacial score (nSPS) is 10.6. The lowest BCUT2D eigenvalue weighted by Crippen LogP contribution is -2.09. The molecule has 0 heterocycles. The van der Waals surface area contributed by atoms with Gasteiger partial charge in [-0.15, -0.1) is 0 Å². The van der Waals surface area contributed by atoms with Gasteiger partial charge in [0.15, 0.2) is 0 Å². The van der Waals surface area contributed by atoms with E-state index in [0.29, 0.717) is 22.2 Å². The number of benzene rings is 2. The molecule has 0 atom stereocenters. The molecule has 6 heteroatoms. The molecule has 2 rings (SSSR count). The first kappa shape index (κ1) is 17.4. The minimum absolute atomic E-state index is 0.299. The van der Waals surface area contributed by atoms with Gasteiger partial charge in [-0.2, -0.15) is 0 Å². The summed E-state index contributed by atoms with van der Waals surface area (Å²) < 4.78 is 11.2. The van der Waals surface area contributed by atoms with E-state index in [1.54, 1.807) is 31.4 Å². The maximum atomic E-state index is 12.1. The number of anilines is 1. The van der Waals surface area contributed by atoms with E-state index in [4.69, 9.17) is 21.1 Å². The molecular weight excluding hydrogens is 382 g/mol. The fourth-order valence-corrected chi connectivity index (χ4v) is 2.59. The SMILES string of the molecule is COc1cc(NC(=O)/C=C/c2ccccc2Cl)c(OC)cc1Br.